The second-order valence-electron chi connectivity index (χ2n) is 8.68. The number of aliphatic hydroxyl groups excluding tert-OH is 1. The van der Waals surface area contributed by atoms with Crippen LogP contribution in [-0.2, 0) is 4.79 Å². The number of aliphatic hydroxyl groups is 1. The van der Waals surface area contributed by atoms with Crippen molar-refractivity contribution in [2.45, 2.75) is 25.5 Å². The molecule has 2 atom stereocenters. The molecule has 0 saturated carbocycles. The molecular formula is C28H29N3O4. The van der Waals surface area contributed by atoms with Crippen LogP contribution in [0.2, 0.25) is 0 Å². The number of carbonyl (C=O) groups excluding carboxylic acids is 2. The second-order valence-corrected chi connectivity index (χ2v) is 8.68. The molecule has 3 aromatic rings. The van der Waals surface area contributed by atoms with Crippen LogP contribution in [0.25, 0.3) is 11.1 Å². The number of benzene rings is 3. The minimum atomic E-state index is -1.28. The van der Waals surface area contributed by atoms with Crippen LogP contribution in [0.3, 0.4) is 0 Å². The lowest BCUT2D eigenvalue weighted by atomic mass is 9.92. The molecule has 180 valence electrons. The molecule has 0 spiro atoms. The number of hydrogen-bond donors (Lipinski definition) is 4. The Kier molecular flexibility index (Phi) is 6.89. The zero-order valence-corrected chi connectivity index (χ0v) is 19.9. The standard InChI is InChI=1S/C28H29N3O4/c1-4-21(19-13-8-12-18(16-19)17-10-6-5-7-11-17)29-23-24(27(34)26(23)33)30-22-15-9-14-20(25(22)32)28(35)31(2)3/h5-16,21,26,29-30,32-33H,4H2,1-3H3/t21-,26?/m1/s1. The summed E-state index contributed by atoms with van der Waals surface area (Å²) in [6.45, 7) is 2.02. The van der Waals surface area contributed by atoms with Gasteiger partial charge in [0.25, 0.3) is 5.91 Å². The molecule has 0 radical (unpaired) electrons. The molecule has 0 fully saturated rings. The molecule has 7 heteroatoms. The van der Waals surface area contributed by atoms with Crippen molar-refractivity contribution < 1.29 is 19.8 Å². The normalized spacial score (nSPS) is 15.9. The number of phenols is 1. The number of ketones is 1. The van der Waals surface area contributed by atoms with E-state index >= 15 is 0 Å². The van der Waals surface area contributed by atoms with Crippen LogP contribution in [0.1, 0.15) is 35.3 Å². The number of Topliss-reactive ketones (excluding diaryl/α,β-unsaturated/α-hetero) is 1. The number of para-hydroxylation sites is 1. The Labute approximate surface area is 204 Å². The fourth-order valence-corrected chi connectivity index (χ4v) is 4.11. The maximum atomic E-state index is 12.5. The van der Waals surface area contributed by atoms with E-state index in [4.69, 9.17) is 0 Å². The lowest BCUT2D eigenvalue weighted by molar-refractivity contribution is -0.124. The highest BCUT2D eigenvalue weighted by Gasteiger charge is 2.39. The van der Waals surface area contributed by atoms with Gasteiger partial charge in [-0.2, -0.15) is 0 Å². The van der Waals surface area contributed by atoms with Gasteiger partial charge >= 0.3 is 0 Å². The topological polar surface area (TPSA) is 102 Å². The predicted octanol–water partition coefficient (Wildman–Crippen LogP) is 4.07. The van der Waals surface area contributed by atoms with E-state index in [9.17, 15) is 19.8 Å². The first-order valence-corrected chi connectivity index (χ1v) is 11.5. The van der Waals surface area contributed by atoms with Crippen molar-refractivity contribution in [1.29, 1.82) is 0 Å². The number of nitrogens with zero attached hydrogens (tertiary/aromatic N) is 1. The molecule has 4 N–H and O–H groups in total. The quantitative estimate of drug-likeness (QED) is 0.370. The first-order chi connectivity index (χ1) is 16.8. The molecule has 0 aliphatic heterocycles. The molecule has 1 amide bonds. The smallest absolute Gasteiger partial charge is 0.257 e. The largest absolute Gasteiger partial charge is 0.505 e. The summed E-state index contributed by atoms with van der Waals surface area (Å²) in [6, 6.07) is 22.8. The highest BCUT2D eigenvalue weighted by molar-refractivity contribution is 6.11. The van der Waals surface area contributed by atoms with Gasteiger partial charge in [0, 0.05) is 14.1 Å². The van der Waals surface area contributed by atoms with Crippen molar-refractivity contribution in [2.75, 3.05) is 19.4 Å². The maximum absolute atomic E-state index is 12.5. The summed E-state index contributed by atoms with van der Waals surface area (Å²) in [4.78, 5) is 26.2. The SMILES string of the molecule is CC[C@@H](NC1=C(Nc2cccc(C(=O)N(C)C)c2O)C(=O)C1O)c1cccc(-c2ccccc2)c1. The van der Waals surface area contributed by atoms with Crippen molar-refractivity contribution in [3.8, 4) is 16.9 Å². The van der Waals surface area contributed by atoms with Crippen LogP contribution >= 0.6 is 0 Å². The van der Waals surface area contributed by atoms with Crippen molar-refractivity contribution in [1.82, 2.24) is 10.2 Å². The van der Waals surface area contributed by atoms with Gasteiger partial charge in [0.05, 0.1) is 23.0 Å². The van der Waals surface area contributed by atoms with Gasteiger partial charge < -0.3 is 25.7 Å². The lowest BCUT2D eigenvalue weighted by Crippen LogP contribution is -2.46. The van der Waals surface area contributed by atoms with E-state index in [1.807, 2.05) is 55.5 Å². The van der Waals surface area contributed by atoms with Gasteiger partial charge in [-0.05, 0) is 41.3 Å². The molecule has 3 aromatic carbocycles. The van der Waals surface area contributed by atoms with Crippen molar-refractivity contribution in [3.63, 3.8) is 0 Å². The zero-order valence-electron chi connectivity index (χ0n) is 19.9. The number of nitrogens with one attached hydrogen (secondary N) is 2. The molecule has 1 unspecified atom stereocenters. The number of phenolic OH excluding ortho intramolecular Hbond substituents is 1. The number of anilines is 1. The predicted molar refractivity (Wildman–Crippen MR) is 136 cm³/mol. The molecule has 1 aliphatic carbocycles. The molecule has 0 aromatic heterocycles. The number of amides is 1. The average molecular weight is 472 g/mol. The molecular weight excluding hydrogens is 442 g/mol. The molecule has 0 bridgehead atoms. The van der Waals surface area contributed by atoms with Crippen LogP contribution in [0.5, 0.6) is 5.75 Å². The fraction of sp³-hybridized carbons (Fsp3) is 0.214. The monoisotopic (exact) mass is 471 g/mol. The Morgan fingerprint density at radius 3 is 2.37 bits per heavy atom. The highest BCUT2D eigenvalue weighted by Crippen LogP contribution is 2.34. The molecule has 4 rings (SSSR count). The molecule has 35 heavy (non-hydrogen) atoms. The van der Waals surface area contributed by atoms with Crippen LogP contribution < -0.4 is 10.6 Å². The molecule has 7 nitrogen and oxygen atoms in total. The summed E-state index contributed by atoms with van der Waals surface area (Å²) in [6.07, 6.45) is -0.564. The first kappa shape index (κ1) is 24.0. The Balaban J connectivity index is 1.61. The Morgan fingerprint density at radius 1 is 1.00 bits per heavy atom. The number of aromatic hydroxyl groups is 1. The minimum absolute atomic E-state index is 0.117. The Morgan fingerprint density at radius 2 is 1.69 bits per heavy atom. The van der Waals surface area contributed by atoms with Gasteiger partial charge in [0.1, 0.15) is 5.70 Å². The van der Waals surface area contributed by atoms with Crippen molar-refractivity contribution in [3.05, 3.63) is 95.3 Å². The highest BCUT2D eigenvalue weighted by atomic mass is 16.3. The van der Waals surface area contributed by atoms with E-state index in [0.29, 0.717) is 12.1 Å². The van der Waals surface area contributed by atoms with E-state index in [0.717, 1.165) is 16.7 Å². The summed E-state index contributed by atoms with van der Waals surface area (Å²) >= 11 is 0. The van der Waals surface area contributed by atoms with Crippen LogP contribution in [-0.4, -0.2) is 47.0 Å². The summed E-state index contributed by atoms with van der Waals surface area (Å²) in [5, 5.41) is 27.3. The van der Waals surface area contributed by atoms with Gasteiger partial charge in [0.15, 0.2) is 11.9 Å². The van der Waals surface area contributed by atoms with Crippen LogP contribution in [0, 0.1) is 0 Å². The third-order valence-electron chi connectivity index (χ3n) is 6.10. The van der Waals surface area contributed by atoms with E-state index < -0.39 is 11.9 Å². The van der Waals surface area contributed by atoms with Crippen LogP contribution in [0.4, 0.5) is 5.69 Å². The zero-order chi connectivity index (χ0) is 25.1. The van der Waals surface area contributed by atoms with Crippen LogP contribution in [0.15, 0.2) is 84.2 Å². The van der Waals surface area contributed by atoms with Gasteiger partial charge in [-0.25, -0.2) is 0 Å². The summed E-state index contributed by atoms with van der Waals surface area (Å²) in [5.41, 5.74) is 4.06. The van der Waals surface area contributed by atoms with E-state index in [-0.39, 0.29) is 34.6 Å². The van der Waals surface area contributed by atoms with Gasteiger partial charge in [-0.3, -0.25) is 9.59 Å². The van der Waals surface area contributed by atoms with Gasteiger partial charge in [-0.1, -0.05) is 61.5 Å². The third-order valence-corrected chi connectivity index (χ3v) is 6.10. The average Bonchev–Trinajstić information content (AvgIpc) is 2.89. The minimum Gasteiger partial charge on any atom is -0.505 e. The number of carbonyl (C=O) groups is 2. The fourth-order valence-electron chi connectivity index (χ4n) is 4.11. The molecule has 1 aliphatic rings. The van der Waals surface area contributed by atoms with Crippen molar-refractivity contribution in [2.24, 2.45) is 0 Å². The number of hydrogen-bond acceptors (Lipinski definition) is 6. The Bertz CT molecular complexity index is 1280. The summed E-state index contributed by atoms with van der Waals surface area (Å²) in [7, 11) is 3.19. The van der Waals surface area contributed by atoms with E-state index in [1.165, 1.54) is 11.0 Å². The molecule has 0 saturated heterocycles. The summed E-state index contributed by atoms with van der Waals surface area (Å²) < 4.78 is 0. The van der Waals surface area contributed by atoms with Gasteiger partial charge in [0.2, 0.25) is 5.78 Å². The van der Waals surface area contributed by atoms with E-state index in [2.05, 4.69) is 16.7 Å². The van der Waals surface area contributed by atoms with E-state index in [1.54, 1.807) is 26.2 Å². The van der Waals surface area contributed by atoms with Crippen molar-refractivity contribution >= 4 is 17.4 Å². The number of rotatable bonds is 8. The molecule has 0 heterocycles. The first-order valence-electron chi connectivity index (χ1n) is 11.5. The second kappa shape index (κ2) is 10.0. The lowest BCUT2D eigenvalue weighted by Gasteiger charge is -2.33. The Hall–Kier alpha value is -4.10. The summed E-state index contributed by atoms with van der Waals surface area (Å²) in [5.74, 6) is -1.10. The maximum Gasteiger partial charge on any atom is 0.257 e. The third kappa shape index (κ3) is 4.76. The van der Waals surface area contributed by atoms with Gasteiger partial charge in [-0.15, -0.1) is 0 Å².